The average molecular weight is 335 g/mol. The second-order valence-electron chi connectivity index (χ2n) is 5.08. The molecule has 7 heteroatoms. The molecule has 5 nitrogen and oxygen atoms in total. The molecule has 1 N–H and O–H groups in total. The lowest BCUT2D eigenvalue weighted by Crippen LogP contribution is -2.34. The third-order valence-electron chi connectivity index (χ3n) is 3.60. The summed E-state index contributed by atoms with van der Waals surface area (Å²) in [6, 6.07) is 11.9. The van der Waals surface area contributed by atoms with E-state index in [9.17, 15) is 19.2 Å². The SMILES string of the molecule is O=C1CN(C(=O)c2ccccc2F)C(c2cccc(Cl)c2)N1O. The summed E-state index contributed by atoms with van der Waals surface area (Å²) >= 11 is 5.93. The summed E-state index contributed by atoms with van der Waals surface area (Å²) in [6.45, 7) is -0.346. The maximum absolute atomic E-state index is 13.9. The second-order valence-corrected chi connectivity index (χ2v) is 5.52. The normalized spacial score (nSPS) is 17.7. The van der Waals surface area contributed by atoms with Crippen LogP contribution in [0.3, 0.4) is 0 Å². The summed E-state index contributed by atoms with van der Waals surface area (Å²) < 4.78 is 13.9. The Morgan fingerprint density at radius 3 is 2.65 bits per heavy atom. The van der Waals surface area contributed by atoms with Crippen LogP contribution in [0.5, 0.6) is 0 Å². The van der Waals surface area contributed by atoms with Crippen LogP contribution in [0.25, 0.3) is 0 Å². The average Bonchev–Trinajstić information content (AvgIpc) is 2.83. The lowest BCUT2D eigenvalue weighted by molar-refractivity contribution is -0.168. The molecule has 118 valence electrons. The minimum Gasteiger partial charge on any atom is -0.302 e. The highest BCUT2D eigenvalue weighted by molar-refractivity contribution is 6.30. The molecule has 3 rings (SSSR count). The third kappa shape index (κ3) is 2.78. The molecule has 0 bridgehead atoms. The van der Waals surface area contributed by atoms with Gasteiger partial charge in [0.25, 0.3) is 11.8 Å². The van der Waals surface area contributed by atoms with E-state index in [1.54, 1.807) is 18.2 Å². The minimum atomic E-state index is -1.05. The molecule has 1 unspecified atom stereocenters. The Kier molecular flexibility index (Phi) is 4.02. The van der Waals surface area contributed by atoms with Crippen LogP contribution in [0.1, 0.15) is 22.1 Å². The van der Waals surface area contributed by atoms with E-state index >= 15 is 0 Å². The van der Waals surface area contributed by atoms with E-state index in [1.165, 1.54) is 24.3 Å². The molecule has 1 heterocycles. The first kappa shape index (κ1) is 15.5. The molecule has 1 fully saturated rings. The molecule has 2 aromatic rings. The number of hydrogen-bond donors (Lipinski definition) is 1. The zero-order valence-corrected chi connectivity index (χ0v) is 12.6. The van der Waals surface area contributed by atoms with Crippen molar-refractivity contribution in [1.29, 1.82) is 0 Å². The van der Waals surface area contributed by atoms with Gasteiger partial charge >= 0.3 is 0 Å². The van der Waals surface area contributed by atoms with Crippen molar-refractivity contribution in [2.24, 2.45) is 0 Å². The predicted octanol–water partition coefficient (Wildman–Crippen LogP) is 2.85. The Hall–Kier alpha value is -2.44. The van der Waals surface area contributed by atoms with Crippen LogP contribution in [0.15, 0.2) is 48.5 Å². The smallest absolute Gasteiger partial charge is 0.267 e. The predicted molar refractivity (Wildman–Crippen MR) is 80.3 cm³/mol. The molecular formula is C16H12ClFN2O3. The third-order valence-corrected chi connectivity index (χ3v) is 3.84. The molecule has 1 saturated heterocycles. The van der Waals surface area contributed by atoms with Crippen molar-refractivity contribution in [3.8, 4) is 0 Å². The Morgan fingerprint density at radius 2 is 1.96 bits per heavy atom. The van der Waals surface area contributed by atoms with Crippen LogP contribution >= 0.6 is 11.6 Å². The van der Waals surface area contributed by atoms with Crippen molar-refractivity contribution >= 4 is 23.4 Å². The molecule has 1 atom stereocenters. The summed E-state index contributed by atoms with van der Waals surface area (Å²) in [6.07, 6.45) is -1.05. The summed E-state index contributed by atoms with van der Waals surface area (Å²) in [7, 11) is 0. The van der Waals surface area contributed by atoms with Gasteiger partial charge in [0.05, 0.1) is 5.56 Å². The van der Waals surface area contributed by atoms with Crippen molar-refractivity contribution in [2.75, 3.05) is 6.54 Å². The van der Waals surface area contributed by atoms with E-state index in [-0.39, 0.29) is 12.1 Å². The van der Waals surface area contributed by atoms with Gasteiger partial charge in [0, 0.05) is 5.02 Å². The number of benzene rings is 2. The van der Waals surface area contributed by atoms with Crippen LogP contribution in [-0.4, -0.2) is 33.5 Å². The van der Waals surface area contributed by atoms with Crippen molar-refractivity contribution in [3.05, 3.63) is 70.5 Å². The van der Waals surface area contributed by atoms with E-state index in [0.29, 0.717) is 15.6 Å². The molecule has 23 heavy (non-hydrogen) atoms. The molecule has 0 aliphatic carbocycles. The number of rotatable bonds is 2. The fourth-order valence-corrected chi connectivity index (χ4v) is 2.73. The summed E-state index contributed by atoms with van der Waals surface area (Å²) in [5, 5.41) is 10.8. The topological polar surface area (TPSA) is 60.9 Å². The van der Waals surface area contributed by atoms with Gasteiger partial charge < -0.3 is 4.90 Å². The van der Waals surface area contributed by atoms with Crippen molar-refractivity contribution in [2.45, 2.75) is 6.17 Å². The van der Waals surface area contributed by atoms with Crippen LogP contribution in [0.2, 0.25) is 5.02 Å². The molecule has 0 spiro atoms. The van der Waals surface area contributed by atoms with Crippen LogP contribution in [-0.2, 0) is 4.79 Å². The van der Waals surface area contributed by atoms with Gasteiger partial charge in [0.1, 0.15) is 12.4 Å². The lowest BCUT2D eigenvalue weighted by Gasteiger charge is -2.26. The van der Waals surface area contributed by atoms with Gasteiger partial charge in [-0.2, -0.15) is 5.06 Å². The number of amides is 2. The van der Waals surface area contributed by atoms with Crippen LogP contribution in [0, 0.1) is 5.82 Å². The zero-order valence-electron chi connectivity index (χ0n) is 11.8. The maximum Gasteiger partial charge on any atom is 0.267 e. The van der Waals surface area contributed by atoms with Gasteiger partial charge in [-0.15, -0.1) is 0 Å². The standard InChI is InChI=1S/C16H12ClFN2O3/c17-11-5-3-4-10(8-11)15-19(9-14(21)20(15)23)16(22)12-6-1-2-7-13(12)18/h1-8,15,23H,9H2. The number of carbonyl (C=O) groups is 2. The first-order valence-electron chi connectivity index (χ1n) is 6.81. The van der Waals surface area contributed by atoms with Gasteiger partial charge in [-0.05, 0) is 29.8 Å². The highest BCUT2D eigenvalue weighted by Gasteiger charge is 2.42. The van der Waals surface area contributed by atoms with Gasteiger partial charge in [-0.3, -0.25) is 14.8 Å². The molecule has 0 aromatic heterocycles. The minimum absolute atomic E-state index is 0.164. The van der Waals surface area contributed by atoms with Crippen LogP contribution in [0.4, 0.5) is 4.39 Å². The monoisotopic (exact) mass is 334 g/mol. The van der Waals surface area contributed by atoms with E-state index in [4.69, 9.17) is 11.6 Å². The fourth-order valence-electron chi connectivity index (χ4n) is 2.53. The number of nitrogens with zero attached hydrogens (tertiary/aromatic N) is 2. The van der Waals surface area contributed by atoms with Crippen LogP contribution < -0.4 is 0 Å². The summed E-state index contributed by atoms with van der Waals surface area (Å²) in [5.74, 6) is -2.02. The Labute approximate surface area is 136 Å². The van der Waals surface area contributed by atoms with Gasteiger partial charge in [-0.25, -0.2) is 4.39 Å². The number of hydrogen-bond acceptors (Lipinski definition) is 3. The second kappa shape index (κ2) is 5.98. The first-order valence-corrected chi connectivity index (χ1v) is 7.18. The maximum atomic E-state index is 13.9. The molecule has 1 aliphatic rings. The zero-order chi connectivity index (χ0) is 16.6. The molecular weight excluding hydrogens is 323 g/mol. The molecule has 0 saturated carbocycles. The number of halogens is 2. The number of carbonyl (C=O) groups excluding carboxylic acids is 2. The quantitative estimate of drug-likeness (QED) is 0.859. The first-order chi connectivity index (χ1) is 11.0. The lowest BCUT2D eigenvalue weighted by atomic mass is 10.1. The van der Waals surface area contributed by atoms with Gasteiger partial charge in [0.15, 0.2) is 6.17 Å². The van der Waals surface area contributed by atoms with E-state index in [2.05, 4.69) is 0 Å². The summed E-state index contributed by atoms with van der Waals surface area (Å²) in [5.41, 5.74) is 0.290. The van der Waals surface area contributed by atoms with Crippen molar-refractivity contribution in [1.82, 2.24) is 9.96 Å². The van der Waals surface area contributed by atoms with Gasteiger partial charge in [0.2, 0.25) is 0 Å². The van der Waals surface area contributed by atoms with E-state index < -0.39 is 23.8 Å². The highest BCUT2D eigenvalue weighted by atomic mass is 35.5. The molecule has 0 radical (unpaired) electrons. The van der Waals surface area contributed by atoms with Crippen molar-refractivity contribution < 1.29 is 19.2 Å². The molecule has 1 aliphatic heterocycles. The largest absolute Gasteiger partial charge is 0.302 e. The van der Waals surface area contributed by atoms with E-state index in [1.807, 2.05) is 0 Å². The highest BCUT2D eigenvalue weighted by Crippen LogP contribution is 2.32. The molecule has 2 amide bonds. The Bertz CT molecular complexity index is 783. The fraction of sp³-hybridized carbons (Fsp3) is 0.125. The van der Waals surface area contributed by atoms with Gasteiger partial charge in [-0.1, -0.05) is 35.9 Å². The Morgan fingerprint density at radius 1 is 1.22 bits per heavy atom. The molecule has 2 aromatic carbocycles. The van der Waals surface area contributed by atoms with E-state index in [0.717, 1.165) is 11.0 Å². The number of hydroxylamine groups is 2. The Balaban J connectivity index is 2.01. The summed E-state index contributed by atoms with van der Waals surface area (Å²) in [4.78, 5) is 25.5. The van der Waals surface area contributed by atoms with Crippen molar-refractivity contribution in [3.63, 3.8) is 0 Å².